The summed E-state index contributed by atoms with van der Waals surface area (Å²) in [7, 11) is 0. The van der Waals surface area contributed by atoms with Crippen molar-refractivity contribution in [1.82, 2.24) is 25.5 Å². The third-order valence-corrected chi connectivity index (χ3v) is 4.44. The zero-order valence-electron chi connectivity index (χ0n) is 13.5. The van der Waals surface area contributed by atoms with E-state index in [2.05, 4.69) is 20.8 Å². The first-order chi connectivity index (χ1) is 12.1. The van der Waals surface area contributed by atoms with Crippen LogP contribution in [-0.2, 0) is 4.79 Å². The molecule has 2 aromatic carbocycles. The molecular formula is C17H16FN5OS. The van der Waals surface area contributed by atoms with E-state index in [0.29, 0.717) is 10.8 Å². The number of rotatable bonds is 6. The van der Waals surface area contributed by atoms with Gasteiger partial charge < -0.3 is 5.32 Å². The van der Waals surface area contributed by atoms with Gasteiger partial charge in [0, 0.05) is 0 Å². The molecule has 1 amide bonds. The van der Waals surface area contributed by atoms with Crippen LogP contribution in [0.25, 0.3) is 5.69 Å². The molecule has 25 heavy (non-hydrogen) atoms. The fourth-order valence-corrected chi connectivity index (χ4v) is 2.95. The van der Waals surface area contributed by atoms with Crippen LogP contribution in [-0.4, -0.2) is 31.9 Å². The molecule has 6 nitrogen and oxygen atoms in total. The second kappa shape index (κ2) is 7.89. The largest absolute Gasteiger partial charge is 0.349 e. The van der Waals surface area contributed by atoms with Crippen molar-refractivity contribution >= 4 is 17.7 Å². The second-order valence-corrected chi connectivity index (χ2v) is 6.28. The summed E-state index contributed by atoms with van der Waals surface area (Å²) in [6, 6.07) is 15.5. The minimum Gasteiger partial charge on any atom is -0.349 e. The number of hydrogen-bond donors (Lipinski definition) is 1. The molecule has 0 spiro atoms. The summed E-state index contributed by atoms with van der Waals surface area (Å²) in [4.78, 5) is 12.2. The quantitative estimate of drug-likeness (QED) is 0.687. The standard InChI is InChI=1S/C17H16FN5OS/c1-12(13-5-3-2-4-6-13)19-16(24)11-25-17-20-21-22-23(17)15-9-7-14(18)8-10-15/h2-10,12H,11H2,1H3,(H,19,24)/t12-/m1/s1. The Bertz CT molecular complexity index is 838. The summed E-state index contributed by atoms with van der Waals surface area (Å²) < 4.78 is 14.5. The van der Waals surface area contributed by atoms with Crippen LogP contribution in [0.2, 0.25) is 0 Å². The van der Waals surface area contributed by atoms with Crippen molar-refractivity contribution < 1.29 is 9.18 Å². The number of halogens is 1. The highest BCUT2D eigenvalue weighted by molar-refractivity contribution is 7.99. The fraction of sp³-hybridized carbons (Fsp3) is 0.176. The van der Waals surface area contributed by atoms with Gasteiger partial charge in [-0.15, -0.1) is 5.10 Å². The van der Waals surface area contributed by atoms with Gasteiger partial charge in [0.15, 0.2) is 0 Å². The molecule has 0 saturated heterocycles. The molecule has 128 valence electrons. The van der Waals surface area contributed by atoms with Crippen LogP contribution in [0.1, 0.15) is 18.5 Å². The number of benzene rings is 2. The minimum atomic E-state index is -0.333. The van der Waals surface area contributed by atoms with Crippen molar-refractivity contribution in [2.75, 3.05) is 5.75 Å². The number of nitrogens with zero attached hydrogens (tertiary/aromatic N) is 4. The maximum Gasteiger partial charge on any atom is 0.230 e. The molecule has 0 aliphatic heterocycles. The number of aromatic nitrogens is 4. The molecule has 0 saturated carbocycles. The summed E-state index contributed by atoms with van der Waals surface area (Å²) >= 11 is 1.22. The Balaban J connectivity index is 1.60. The van der Waals surface area contributed by atoms with E-state index in [9.17, 15) is 9.18 Å². The van der Waals surface area contributed by atoms with Gasteiger partial charge in [0.2, 0.25) is 11.1 Å². The summed E-state index contributed by atoms with van der Waals surface area (Å²) in [5.41, 5.74) is 1.67. The molecule has 1 aromatic heterocycles. The third kappa shape index (κ3) is 4.42. The van der Waals surface area contributed by atoms with Gasteiger partial charge >= 0.3 is 0 Å². The molecule has 8 heteroatoms. The molecule has 0 fully saturated rings. The Hall–Kier alpha value is -2.74. The predicted molar refractivity (Wildman–Crippen MR) is 92.8 cm³/mol. The molecular weight excluding hydrogens is 341 g/mol. The van der Waals surface area contributed by atoms with Crippen LogP contribution in [0, 0.1) is 5.82 Å². The Morgan fingerprint density at radius 2 is 1.92 bits per heavy atom. The van der Waals surface area contributed by atoms with E-state index in [1.165, 1.54) is 28.6 Å². The van der Waals surface area contributed by atoms with E-state index in [0.717, 1.165) is 5.56 Å². The number of hydrogen-bond acceptors (Lipinski definition) is 5. The maximum absolute atomic E-state index is 13.0. The van der Waals surface area contributed by atoms with E-state index in [4.69, 9.17) is 0 Å². The number of amides is 1. The number of nitrogens with one attached hydrogen (secondary N) is 1. The lowest BCUT2D eigenvalue weighted by molar-refractivity contribution is -0.119. The molecule has 0 aliphatic carbocycles. The molecule has 3 aromatic rings. The molecule has 0 unspecified atom stereocenters. The van der Waals surface area contributed by atoms with Crippen molar-refractivity contribution in [3.63, 3.8) is 0 Å². The Morgan fingerprint density at radius 3 is 2.64 bits per heavy atom. The van der Waals surface area contributed by atoms with E-state index < -0.39 is 0 Å². The molecule has 1 heterocycles. The highest BCUT2D eigenvalue weighted by Crippen LogP contribution is 2.19. The maximum atomic E-state index is 13.0. The fourth-order valence-electron chi connectivity index (χ4n) is 2.25. The van der Waals surface area contributed by atoms with Crippen molar-refractivity contribution in [1.29, 1.82) is 0 Å². The summed E-state index contributed by atoms with van der Waals surface area (Å²) in [5, 5.41) is 14.8. The van der Waals surface area contributed by atoms with Crippen LogP contribution < -0.4 is 5.32 Å². The second-order valence-electron chi connectivity index (χ2n) is 5.34. The topological polar surface area (TPSA) is 72.7 Å². The van der Waals surface area contributed by atoms with E-state index in [-0.39, 0.29) is 23.5 Å². The smallest absolute Gasteiger partial charge is 0.230 e. The van der Waals surface area contributed by atoms with Gasteiger partial charge in [-0.05, 0) is 47.2 Å². The van der Waals surface area contributed by atoms with Gasteiger partial charge in [-0.2, -0.15) is 4.68 Å². The van der Waals surface area contributed by atoms with Gasteiger partial charge in [-0.25, -0.2) is 4.39 Å². The predicted octanol–water partition coefficient (Wildman–Crippen LogP) is 2.77. The number of carbonyl (C=O) groups excluding carboxylic acids is 1. The van der Waals surface area contributed by atoms with Crippen molar-refractivity contribution in [3.05, 3.63) is 66.0 Å². The monoisotopic (exact) mass is 357 g/mol. The number of tetrazole rings is 1. The van der Waals surface area contributed by atoms with E-state index in [1.807, 2.05) is 37.3 Å². The van der Waals surface area contributed by atoms with Crippen molar-refractivity contribution in [3.8, 4) is 5.69 Å². The summed E-state index contributed by atoms with van der Waals surface area (Å²) in [6.07, 6.45) is 0. The lowest BCUT2D eigenvalue weighted by Gasteiger charge is -2.13. The zero-order valence-corrected chi connectivity index (χ0v) is 14.3. The van der Waals surface area contributed by atoms with Crippen molar-refractivity contribution in [2.45, 2.75) is 18.1 Å². The summed E-state index contributed by atoms with van der Waals surface area (Å²) in [5.74, 6) is -0.269. The first kappa shape index (κ1) is 17.1. The molecule has 1 atom stereocenters. The highest BCUT2D eigenvalue weighted by Gasteiger charge is 2.13. The normalized spacial score (nSPS) is 11.9. The van der Waals surface area contributed by atoms with Crippen LogP contribution in [0.15, 0.2) is 59.8 Å². The molecule has 1 N–H and O–H groups in total. The Kier molecular flexibility index (Phi) is 5.39. The van der Waals surface area contributed by atoms with Crippen molar-refractivity contribution in [2.24, 2.45) is 0 Å². The van der Waals surface area contributed by atoms with Gasteiger partial charge in [-0.3, -0.25) is 4.79 Å². The lowest BCUT2D eigenvalue weighted by atomic mass is 10.1. The SMILES string of the molecule is C[C@@H](NC(=O)CSc1nnnn1-c1ccc(F)cc1)c1ccccc1. The molecule has 0 aliphatic rings. The average Bonchev–Trinajstić information content (AvgIpc) is 3.10. The molecule has 0 bridgehead atoms. The molecule has 0 radical (unpaired) electrons. The van der Waals surface area contributed by atoms with E-state index in [1.54, 1.807) is 12.1 Å². The Labute approximate surface area is 148 Å². The highest BCUT2D eigenvalue weighted by atomic mass is 32.2. The van der Waals surface area contributed by atoms with Gasteiger partial charge in [-0.1, -0.05) is 42.1 Å². The van der Waals surface area contributed by atoms with E-state index >= 15 is 0 Å². The minimum absolute atomic E-state index is 0.0811. The van der Waals surface area contributed by atoms with Crippen LogP contribution in [0.4, 0.5) is 4.39 Å². The van der Waals surface area contributed by atoms with Gasteiger partial charge in [0.1, 0.15) is 5.82 Å². The third-order valence-electron chi connectivity index (χ3n) is 3.52. The zero-order chi connectivity index (χ0) is 17.6. The first-order valence-corrected chi connectivity index (χ1v) is 8.63. The number of thioether (sulfide) groups is 1. The summed E-state index contributed by atoms with van der Waals surface area (Å²) in [6.45, 7) is 1.93. The van der Waals surface area contributed by atoms with Gasteiger partial charge in [0.25, 0.3) is 0 Å². The Morgan fingerprint density at radius 1 is 1.20 bits per heavy atom. The van der Waals surface area contributed by atoms with Crippen LogP contribution >= 0.6 is 11.8 Å². The molecule has 3 rings (SSSR count). The van der Waals surface area contributed by atoms with Gasteiger partial charge in [0.05, 0.1) is 17.5 Å². The first-order valence-electron chi connectivity index (χ1n) is 7.65. The van der Waals surface area contributed by atoms with Crippen LogP contribution in [0.3, 0.4) is 0 Å². The van der Waals surface area contributed by atoms with Crippen LogP contribution in [0.5, 0.6) is 0 Å². The lowest BCUT2D eigenvalue weighted by Crippen LogP contribution is -2.28. The average molecular weight is 357 g/mol. The number of carbonyl (C=O) groups is 1.